The van der Waals surface area contributed by atoms with Gasteiger partial charge in [-0.2, -0.15) is 0 Å². The van der Waals surface area contributed by atoms with Crippen LogP contribution in [0.4, 0.5) is 0 Å². The Balaban J connectivity index is 1.56. The number of rotatable bonds is 6. The lowest BCUT2D eigenvalue weighted by Gasteiger charge is -2.64. The van der Waals surface area contributed by atoms with Crippen molar-refractivity contribution in [2.45, 2.75) is 118 Å². The van der Waals surface area contributed by atoms with Gasteiger partial charge in [0.1, 0.15) is 0 Å². The first-order chi connectivity index (χ1) is 14.6. The number of piperidine rings is 1. The minimum Gasteiger partial charge on any atom is -0.342 e. The molecule has 1 amide bonds. The van der Waals surface area contributed by atoms with E-state index in [4.69, 9.17) is 0 Å². The molecule has 1 heterocycles. The summed E-state index contributed by atoms with van der Waals surface area (Å²) >= 11 is 0. The molecule has 3 saturated carbocycles. The number of nitrogens with zero attached hydrogens (tertiary/aromatic N) is 1. The van der Waals surface area contributed by atoms with Crippen LogP contribution in [-0.4, -0.2) is 23.9 Å². The molecule has 0 aromatic heterocycles. The average molecular weight is 430 g/mol. The number of carbonyl (C=O) groups excluding carboxylic acids is 1. The molecule has 4 aliphatic rings. The van der Waals surface area contributed by atoms with Crippen LogP contribution < -0.4 is 0 Å². The van der Waals surface area contributed by atoms with Gasteiger partial charge in [-0.25, -0.2) is 0 Å². The van der Waals surface area contributed by atoms with Gasteiger partial charge in [0.25, 0.3) is 0 Å². The predicted octanol–water partition coefficient (Wildman–Crippen LogP) is 7.56. The second-order valence-corrected chi connectivity index (χ2v) is 13.3. The lowest BCUT2D eigenvalue weighted by molar-refractivity contribution is -0.169. The van der Waals surface area contributed by atoms with Crippen LogP contribution >= 0.6 is 0 Å². The van der Waals surface area contributed by atoms with E-state index in [1.54, 1.807) is 0 Å². The molecule has 4 fully saturated rings. The Morgan fingerprint density at radius 2 is 1.71 bits per heavy atom. The van der Waals surface area contributed by atoms with Crippen molar-refractivity contribution >= 4 is 5.91 Å². The Kier molecular flexibility index (Phi) is 6.61. The Hall–Kier alpha value is -0.530. The second-order valence-electron chi connectivity index (χ2n) is 13.3. The maximum absolute atomic E-state index is 12.6. The summed E-state index contributed by atoms with van der Waals surface area (Å²) in [6.07, 6.45) is 14.5. The van der Waals surface area contributed by atoms with Crippen molar-refractivity contribution in [1.29, 1.82) is 0 Å². The molecule has 0 spiro atoms. The van der Waals surface area contributed by atoms with Crippen molar-refractivity contribution < 1.29 is 4.79 Å². The summed E-state index contributed by atoms with van der Waals surface area (Å²) in [4.78, 5) is 14.7. The fraction of sp³-hybridized carbons (Fsp3) is 0.966. The zero-order chi connectivity index (χ0) is 22.6. The molecule has 4 rings (SSSR count). The van der Waals surface area contributed by atoms with Gasteiger partial charge in [0, 0.05) is 19.5 Å². The SMILES string of the molecule is CCC1CC2N(C)C(=O)CC[C@]2(C)C2CC[C@]3(C)C(C(C)CCCC(C)C)CCC3C12. The molecule has 0 N–H and O–H groups in total. The van der Waals surface area contributed by atoms with Gasteiger partial charge in [-0.3, -0.25) is 4.79 Å². The van der Waals surface area contributed by atoms with Crippen molar-refractivity contribution in [3.63, 3.8) is 0 Å². The van der Waals surface area contributed by atoms with Crippen LogP contribution in [0, 0.1) is 52.3 Å². The highest BCUT2D eigenvalue weighted by atomic mass is 16.2. The summed E-state index contributed by atoms with van der Waals surface area (Å²) in [6.45, 7) is 15.0. The molecule has 3 aliphatic carbocycles. The fourth-order valence-corrected chi connectivity index (χ4v) is 9.72. The van der Waals surface area contributed by atoms with Gasteiger partial charge in [-0.05, 0) is 90.8 Å². The van der Waals surface area contributed by atoms with Crippen molar-refractivity contribution in [2.24, 2.45) is 52.3 Å². The van der Waals surface area contributed by atoms with Gasteiger partial charge in [0.2, 0.25) is 5.91 Å². The quantitative estimate of drug-likeness (QED) is 0.426. The number of hydrogen-bond donors (Lipinski definition) is 0. The van der Waals surface area contributed by atoms with E-state index in [0.29, 0.717) is 22.8 Å². The average Bonchev–Trinajstić information content (AvgIpc) is 3.08. The second kappa shape index (κ2) is 8.68. The maximum atomic E-state index is 12.6. The van der Waals surface area contributed by atoms with Crippen molar-refractivity contribution in [3.8, 4) is 0 Å². The smallest absolute Gasteiger partial charge is 0.222 e. The van der Waals surface area contributed by atoms with E-state index in [1.165, 1.54) is 57.8 Å². The Labute approximate surface area is 193 Å². The largest absolute Gasteiger partial charge is 0.342 e. The molecular weight excluding hydrogens is 378 g/mol. The van der Waals surface area contributed by atoms with E-state index < -0.39 is 0 Å². The lowest BCUT2D eigenvalue weighted by atomic mass is 9.44. The number of fused-ring (bicyclic) bond motifs is 5. The minimum absolute atomic E-state index is 0.349. The van der Waals surface area contributed by atoms with E-state index in [2.05, 4.69) is 53.5 Å². The highest BCUT2D eigenvalue weighted by Gasteiger charge is 2.63. The molecule has 178 valence electrons. The fourth-order valence-electron chi connectivity index (χ4n) is 9.72. The molecule has 2 nitrogen and oxygen atoms in total. The van der Waals surface area contributed by atoms with Crippen molar-refractivity contribution in [3.05, 3.63) is 0 Å². The van der Waals surface area contributed by atoms with Gasteiger partial charge in [0.15, 0.2) is 0 Å². The van der Waals surface area contributed by atoms with Crippen molar-refractivity contribution in [1.82, 2.24) is 4.90 Å². The first kappa shape index (κ1) is 23.6. The molecule has 1 saturated heterocycles. The lowest BCUT2D eigenvalue weighted by Crippen LogP contribution is -2.63. The standard InChI is InChI=1S/C29H51NO/c1-8-21-18-25-29(6,17-15-26(31)30(25)7)24-14-16-28(5)22(12-13-23(28)27(21)24)20(4)11-9-10-19(2)3/h19-25,27H,8-18H2,1-7H3/t20?,21?,22?,23?,24?,25?,27?,28-,29-/m1/s1. The van der Waals surface area contributed by atoms with Gasteiger partial charge >= 0.3 is 0 Å². The molecule has 7 unspecified atom stereocenters. The third kappa shape index (κ3) is 3.80. The van der Waals surface area contributed by atoms with Crippen LogP contribution in [-0.2, 0) is 4.79 Å². The summed E-state index contributed by atoms with van der Waals surface area (Å²) in [5.74, 6) is 6.54. The Morgan fingerprint density at radius 1 is 1.00 bits per heavy atom. The van der Waals surface area contributed by atoms with Crippen molar-refractivity contribution in [2.75, 3.05) is 7.05 Å². The van der Waals surface area contributed by atoms with E-state index >= 15 is 0 Å². The zero-order valence-electron chi connectivity index (χ0n) is 21.8. The molecule has 0 aromatic rings. The topological polar surface area (TPSA) is 20.3 Å². The molecule has 9 atom stereocenters. The van der Waals surface area contributed by atoms with Gasteiger partial charge in [-0.15, -0.1) is 0 Å². The number of likely N-dealkylation sites (tertiary alicyclic amines) is 1. The Bertz CT molecular complexity index is 657. The van der Waals surface area contributed by atoms with Crippen LogP contribution in [0.3, 0.4) is 0 Å². The number of amides is 1. The van der Waals surface area contributed by atoms with Crippen LogP contribution in [0.15, 0.2) is 0 Å². The zero-order valence-corrected chi connectivity index (χ0v) is 21.8. The molecule has 1 aliphatic heterocycles. The first-order valence-electron chi connectivity index (χ1n) is 13.9. The van der Waals surface area contributed by atoms with Crippen LogP contribution in [0.25, 0.3) is 0 Å². The summed E-state index contributed by atoms with van der Waals surface area (Å²) in [5, 5.41) is 0. The van der Waals surface area contributed by atoms with E-state index in [9.17, 15) is 4.79 Å². The van der Waals surface area contributed by atoms with Gasteiger partial charge in [-0.1, -0.05) is 67.2 Å². The van der Waals surface area contributed by atoms with Crippen LogP contribution in [0.2, 0.25) is 0 Å². The van der Waals surface area contributed by atoms with E-state index in [0.717, 1.165) is 54.3 Å². The molecule has 0 aromatic carbocycles. The van der Waals surface area contributed by atoms with Gasteiger partial charge in [0.05, 0.1) is 0 Å². The molecule has 31 heavy (non-hydrogen) atoms. The first-order valence-corrected chi connectivity index (χ1v) is 13.9. The maximum Gasteiger partial charge on any atom is 0.222 e. The molecule has 2 heteroatoms. The molecule has 0 radical (unpaired) electrons. The monoisotopic (exact) mass is 429 g/mol. The normalized spacial score (nSPS) is 45.9. The third-order valence-electron chi connectivity index (χ3n) is 11.5. The summed E-state index contributed by atoms with van der Waals surface area (Å²) in [5.41, 5.74) is 0.909. The van der Waals surface area contributed by atoms with E-state index in [-0.39, 0.29) is 0 Å². The summed E-state index contributed by atoms with van der Waals surface area (Å²) in [7, 11) is 2.11. The number of carbonyl (C=O) groups is 1. The van der Waals surface area contributed by atoms with Crippen LogP contribution in [0.5, 0.6) is 0 Å². The minimum atomic E-state index is 0.349. The molecule has 0 bridgehead atoms. The highest BCUT2D eigenvalue weighted by Crippen LogP contribution is 2.68. The van der Waals surface area contributed by atoms with Crippen LogP contribution in [0.1, 0.15) is 112 Å². The third-order valence-corrected chi connectivity index (χ3v) is 11.5. The predicted molar refractivity (Wildman–Crippen MR) is 131 cm³/mol. The van der Waals surface area contributed by atoms with Gasteiger partial charge < -0.3 is 4.90 Å². The molecular formula is C29H51NO. The number of hydrogen-bond acceptors (Lipinski definition) is 1. The summed E-state index contributed by atoms with van der Waals surface area (Å²) in [6, 6.07) is 0.483. The van der Waals surface area contributed by atoms with E-state index in [1.807, 2.05) is 0 Å². The highest BCUT2D eigenvalue weighted by molar-refractivity contribution is 5.77. The summed E-state index contributed by atoms with van der Waals surface area (Å²) < 4.78 is 0. The Morgan fingerprint density at radius 3 is 2.39 bits per heavy atom.